The summed E-state index contributed by atoms with van der Waals surface area (Å²) in [6.07, 6.45) is 0. The van der Waals surface area contributed by atoms with Crippen LogP contribution >= 0.6 is 0 Å². The first-order valence-corrected chi connectivity index (χ1v) is 6.64. The van der Waals surface area contributed by atoms with E-state index in [9.17, 15) is 4.39 Å². The molecule has 1 fully saturated rings. The standard InChI is InChI=1S/C14H22FN3/c1-4-16-12-5-6-14(13(15)7-12)18-8-10(2)17-11(3)9-18/h5-7,10-11,16-17H,4,8-9H2,1-3H3/t10-,11+. The largest absolute Gasteiger partial charge is 0.385 e. The Hall–Kier alpha value is -1.29. The molecule has 0 amide bonds. The van der Waals surface area contributed by atoms with Crippen molar-refractivity contribution < 1.29 is 4.39 Å². The van der Waals surface area contributed by atoms with Crippen molar-refractivity contribution in [3.63, 3.8) is 0 Å². The highest BCUT2D eigenvalue weighted by Gasteiger charge is 2.22. The summed E-state index contributed by atoms with van der Waals surface area (Å²) in [6, 6.07) is 6.18. The third-order valence-corrected chi connectivity index (χ3v) is 3.23. The number of benzene rings is 1. The van der Waals surface area contributed by atoms with Crippen LogP contribution in [-0.2, 0) is 0 Å². The molecule has 1 aromatic carbocycles. The summed E-state index contributed by atoms with van der Waals surface area (Å²) >= 11 is 0. The molecule has 0 spiro atoms. The summed E-state index contributed by atoms with van der Waals surface area (Å²) in [5.41, 5.74) is 1.55. The molecule has 3 nitrogen and oxygen atoms in total. The van der Waals surface area contributed by atoms with Gasteiger partial charge in [-0.3, -0.25) is 0 Å². The number of hydrogen-bond donors (Lipinski definition) is 2. The maximum absolute atomic E-state index is 14.1. The molecule has 1 aliphatic rings. The van der Waals surface area contributed by atoms with Gasteiger partial charge in [0.25, 0.3) is 0 Å². The molecule has 1 heterocycles. The number of nitrogens with one attached hydrogen (secondary N) is 2. The van der Waals surface area contributed by atoms with Gasteiger partial charge >= 0.3 is 0 Å². The summed E-state index contributed by atoms with van der Waals surface area (Å²) in [7, 11) is 0. The normalized spacial score (nSPS) is 24.1. The zero-order valence-corrected chi connectivity index (χ0v) is 11.3. The number of anilines is 2. The lowest BCUT2D eigenvalue weighted by molar-refractivity contribution is 0.404. The topological polar surface area (TPSA) is 27.3 Å². The second-order valence-electron chi connectivity index (χ2n) is 5.07. The van der Waals surface area contributed by atoms with Crippen molar-refractivity contribution in [2.24, 2.45) is 0 Å². The number of rotatable bonds is 3. The molecule has 0 bridgehead atoms. The summed E-state index contributed by atoms with van der Waals surface area (Å²) in [5.74, 6) is -0.144. The Bertz CT molecular complexity index is 398. The van der Waals surface area contributed by atoms with Gasteiger partial charge in [0, 0.05) is 37.4 Å². The third kappa shape index (κ3) is 2.93. The van der Waals surface area contributed by atoms with Gasteiger partial charge in [0.05, 0.1) is 5.69 Å². The average molecular weight is 251 g/mol. The first kappa shape index (κ1) is 13.1. The summed E-state index contributed by atoms with van der Waals surface area (Å²) in [4.78, 5) is 2.12. The lowest BCUT2D eigenvalue weighted by atomic mass is 10.1. The average Bonchev–Trinajstić information content (AvgIpc) is 2.28. The second kappa shape index (κ2) is 5.57. The minimum atomic E-state index is -0.144. The van der Waals surface area contributed by atoms with E-state index in [-0.39, 0.29) is 5.82 Å². The van der Waals surface area contributed by atoms with Gasteiger partial charge in [-0.2, -0.15) is 0 Å². The molecule has 2 N–H and O–H groups in total. The predicted molar refractivity (Wildman–Crippen MR) is 74.8 cm³/mol. The SMILES string of the molecule is CCNc1ccc(N2C[C@@H](C)N[C@@H](C)C2)c(F)c1. The van der Waals surface area contributed by atoms with Gasteiger partial charge in [-0.25, -0.2) is 4.39 Å². The van der Waals surface area contributed by atoms with Crippen LogP contribution in [0.4, 0.5) is 15.8 Å². The molecular formula is C14H22FN3. The van der Waals surface area contributed by atoms with Crippen LogP contribution in [0.3, 0.4) is 0 Å². The third-order valence-electron chi connectivity index (χ3n) is 3.23. The van der Waals surface area contributed by atoms with Gasteiger partial charge in [0.2, 0.25) is 0 Å². The molecule has 1 aliphatic heterocycles. The highest BCUT2D eigenvalue weighted by molar-refractivity contribution is 5.56. The van der Waals surface area contributed by atoms with Gasteiger partial charge in [-0.15, -0.1) is 0 Å². The molecule has 0 aliphatic carbocycles. The molecule has 1 aromatic rings. The molecule has 4 heteroatoms. The number of nitrogens with zero attached hydrogens (tertiary/aromatic N) is 1. The molecule has 18 heavy (non-hydrogen) atoms. The number of halogens is 1. The first-order chi connectivity index (χ1) is 8.60. The summed E-state index contributed by atoms with van der Waals surface area (Å²) in [5, 5.41) is 6.58. The van der Waals surface area contributed by atoms with E-state index in [1.54, 1.807) is 6.07 Å². The molecule has 0 radical (unpaired) electrons. The minimum Gasteiger partial charge on any atom is -0.385 e. The van der Waals surface area contributed by atoms with Gasteiger partial charge in [-0.05, 0) is 39.0 Å². The van der Waals surface area contributed by atoms with Crippen LogP contribution in [0.15, 0.2) is 18.2 Å². The highest BCUT2D eigenvalue weighted by Crippen LogP contribution is 2.24. The zero-order chi connectivity index (χ0) is 13.1. The smallest absolute Gasteiger partial charge is 0.148 e. The maximum Gasteiger partial charge on any atom is 0.148 e. The molecule has 0 unspecified atom stereocenters. The van der Waals surface area contributed by atoms with E-state index in [0.717, 1.165) is 25.3 Å². The molecule has 1 saturated heterocycles. The van der Waals surface area contributed by atoms with Crippen LogP contribution in [0.5, 0.6) is 0 Å². The Balaban J connectivity index is 2.17. The summed E-state index contributed by atoms with van der Waals surface area (Å²) < 4.78 is 14.1. The van der Waals surface area contributed by atoms with E-state index >= 15 is 0 Å². The minimum absolute atomic E-state index is 0.144. The van der Waals surface area contributed by atoms with Crippen LogP contribution in [0.25, 0.3) is 0 Å². The van der Waals surface area contributed by atoms with E-state index in [4.69, 9.17) is 0 Å². The zero-order valence-electron chi connectivity index (χ0n) is 11.3. The Labute approximate surface area is 108 Å². The fraction of sp³-hybridized carbons (Fsp3) is 0.571. The second-order valence-corrected chi connectivity index (χ2v) is 5.07. The monoisotopic (exact) mass is 251 g/mol. The van der Waals surface area contributed by atoms with Gasteiger partial charge in [0.15, 0.2) is 0 Å². The highest BCUT2D eigenvalue weighted by atomic mass is 19.1. The van der Waals surface area contributed by atoms with Crippen molar-refractivity contribution in [3.05, 3.63) is 24.0 Å². The van der Waals surface area contributed by atoms with Gasteiger partial charge in [-0.1, -0.05) is 0 Å². The Morgan fingerprint density at radius 2 is 2.00 bits per heavy atom. The van der Waals surface area contributed by atoms with Crippen molar-refractivity contribution in [2.75, 3.05) is 29.9 Å². The predicted octanol–water partition coefficient (Wildman–Crippen LogP) is 2.44. The van der Waals surface area contributed by atoms with E-state index in [1.807, 2.05) is 19.1 Å². The molecule has 0 aromatic heterocycles. The first-order valence-electron chi connectivity index (χ1n) is 6.64. The van der Waals surface area contributed by atoms with E-state index < -0.39 is 0 Å². The molecule has 2 rings (SSSR count). The van der Waals surface area contributed by atoms with Crippen molar-refractivity contribution in [1.82, 2.24) is 5.32 Å². The lowest BCUT2D eigenvalue weighted by Gasteiger charge is -2.37. The molecular weight excluding hydrogens is 229 g/mol. The quantitative estimate of drug-likeness (QED) is 0.864. The number of piperazine rings is 1. The number of hydrogen-bond acceptors (Lipinski definition) is 3. The summed E-state index contributed by atoms with van der Waals surface area (Å²) in [6.45, 7) is 8.77. The molecule has 2 atom stereocenters. The van der Waals surface area contributed by atoms with Gasteiger partial charge < -0.3 is 15.5 Å². The van der Waals surface area contributed by atoms with Crippen molar-refractivity contribution in [2.45, 2.75) is 32.9 Å². The van der Waals surface area contributed by atoms with Gasteiger partial charge in [0.1, 0.15) is 5.82 Å². The lowest BCUT2D eigenvalue weighted by Crippen LogP contribution is -2.54. The van der Waals surface area contributed by atoms with Crippen LogP contribution < -0.4 is 15.5 Å². The van der Waals surface area contributed by atoms with Crippen LogP contribution in [0.1, 0.15) is 20.8 Å². The van der Waals surface area contributed by atoms with Crippen molar-refractivity contribution in [1.29, 1.82) is 0 Å². The van der Waals surface area contributed by atoms with E-state index in [1.165, 1.54) is 0 Å². The molecule has 100 valence electrons. The molecule has 0 saturated carbocycles. The maximum atomic E-state index is 14.1. The Morgan fingerprint density at radius 1 is 1.33 bits per heavy atom. The van der Waals surface area contributed by atoms with E-state index in [0.29, 0.717) is 17.8 Å². The Kier molecular flexibility index (Phi) is 4.07. The fourth-order valence-corrected chi connectivity index (χ4v) is 2.60. The van der Waals surface area contributed by atoms with Crippen LogP contribution in [0.2, 0.25) is 0 Å². The van der Waals surface area contributed by atoms with E-state index in [2.05, 4.69) is 29.4 Å². The van der Waals surface area contributed by atoms with Crippen molar-refractivity contribution in [3.8, 4) is 0 Å². The fourth-order valence-electron chi connectivity index (χ4n) is 2.60. The van der Waals surface area contributed by atoms with Crippen molar-refractivity contribution >= 4 is 11.4 Å². The van der Waals surface area contributed by atoms with Crippen LogP contribution in [-0.4, -0.2) is 31.7 Å². The Morgan fingerprint density at radius 3 is 2.56 bits per heavy atom. The van der Waals surface area contributed by atoms with Crippen LogP contribution in [0, 0.1) is 5.82 Å².